The molecule has 0 aromatic heterocycles. The fourth-order valence-electron chi connectivity index (χ4n) is 2.55. The van der Waals surface area contributed by atoms with Gasteiger partial charge in [-0.2, -0.15) is 0 Å². The van der Waals surface area contributed by atoms with E-state index in [0.717, 1.165) is 16.8 Å². The lowest BCUT2D eigenvalue weighted by Crippen LogP contribution is -2.15. The minimum atomic E-state index is -0.309. The highest BCUT2D eigenvalue weighted by Crippen LogP contribution is 2.26. The number of esters is 1. The summed E-state index contributed by atoms with van der Waals surface area (Å²) in [6.07, 6.45) is 6.46. The van der Waals surface area contributed by atoms with E-state index in [0.29, 0.717) is 18.1 Å². The summed E-state index contributed by atoms with van der Waals surface area (Å²) >= 11 is 3.41. The van der Waals surface area contributed by atoms with Crippen molar-refractivity contribution in [3.05, 3.63) is 28.2 Å². The molecule has 110 valence electrons. The van der Waals surface area contributed by atoms with E-state index in [2.05, 4.69) is 15.9 Å². The molecule has 0 spiro atoms. The summed E-state index contributed by atoms with van der Waals surface area (Å²) in [5.74, 6) is 1.07. The van der Waals surface area contributed by atoms with E-state index >= 15 is 0 Å². The van der Waals surface area contributed by atoms with Gasteiger partial charge in [0.2, 0.25) is 0 Å². The van der Waals surface area contributed by atoms with Gasteiger partial charge in [-0.1, -0.05) is 35.2 Å². The molecule has 0 amide bonds. The quantitative estimate of drug-likeness (QED) is 0.735. The van der Waals surface area contributed by atoms with Crippen LogP contribution < -0.4 is 4.74 Å². The van der Waals surface area contributed by atoms with Crippen LogP contribution in [0, 0.1) is 5.92 Å². The second-order valence-electron chi connectivity index (χ2n) is 5.21. The van der Waals surface area contributed by atoms with Crippen LogP contribution in [0.15, 0.2) is 22.7 Å². The summed E-state index contributed by atoms with van der Waals surface area (Å²) in [5.41, 5.74) is 0.528. The number of carbonyl (C=O) groups excluding carboxylic acids is 1. The van der Waals surface area contributed by atoms with Crippen LogP contribution in [0.4, 0.5) is 0 Å². The van der Waals surface area contributed by atoms with Crippen molar-refractivity contribution >= 4 is 21.9 Å². The maximum Gasteiger partial charge on any atom is 0.338 e. The van der Waals surface area contributed by atoms with E-state index in [1.807, 2.05) is 6.07 Å². The first-order chi connectivity index (χ1) is 9.69. The van der Waals surface area contributed by atoms with Gasteiger partial charge in [0.05, 0.1) is 18.8 Å². The molecule has 1 saturated carbocycles. The second kappa shape index (κ2) is 7.67. The van der Waals surface area contributed by atoms with Crippen molar-refractivity contribution in [2.45, 2.75) is 39.0 Å². The van der Waals surface area contributed by atoms with Gasteiger partial charge < -0.3 is 9.47 Å². The van der Waals surface area contributed by atoms with E-state index in [-0.39, 0.29) is 5.97 Å². The fourth-order valence-corrected chi connectivity index (χ4v) is 3.02. The highest BCUT2D eigenvalue weighted by molar-refractivity contribution is 9.10. The number of hydrogen-bond acceptors (Lipinski definition) is 3. The Morgan fingerprint density at radius 3 is 2.70 bits per heavy atom. The Balaban J connectivity index is 1.98. The molecule has 0 bridgehead atoms. The molecule has 1 aromatic rings. The van der Waals surface area contributed by atoms with E-state index in [4.69, 9.17) is 9.47 Å². The summed E-state index contributed by atoms with van der Waals surface area (Å²) in [7, 11) is 0. The number of hydrogen-bond donors (Lipinski definition) is 0. The first kappa shape index (κ1) is 15.4. The molecule has 0 radical (unpaired) electrons. The molecule has 0 atom stereocenters. The Kier molecular flexibility index (Phi) is 5.89. The van der Waals surface area contributed by atoms with E-state index < -0.39 is 0 Å². The Labute approximate surface area is 128 Å². The van der Waals surface area contributed by atoms with Gasteiger partial charge in [-0.05, 0) is 43.9 Å². The smallest absolute Gasteiger partial charge is 0.338 e. The zero-order valence-electron chi connectivity index (χ0n) is 11.9. The summed E-state index contributed by atoms with van der Waals surface area (Å²) < 4.78 is 11.7. The first-order valence-corrected chi connectivity index (χ1v) is 8.09. The average molecular weight is 341 g/mol. The minimum absolute atomic E-state index is 0.309. The van der Waals surface area contributed by atoms with Crippen LogP contribution in [0.1, 0.15) is 49.4 Å². The minimum Gasteiger partial charge on any atom is -0.493 e. The van der Waals surface area contributed by atoms with Crippen molar-refractivity contribution in [1.29, 1.82) is 0 Å². The SMILES string of the molecule is CCOC(=O)c1cc(Br)cc(OCC2CCCCC2)c1. The molecule has 1 aromatic carbocycles. The van der Waals surface area contributed by atoms with Crippen molar-refractivity contribution in [3.63, 3.8) is 0 Å². The molecule has 4 heteroatoms. The molecule has 0 N–H and O–H groups in total. The van der Waals surface area contributed by atoms with Crippen molar-refractivity contribution in [3.8, 4) is 5.75 Å². The van der Waals surface area contributed by atoms with E-state index in [1.54, 1.807) is 19.1 Å². The molecule has 20 heavy (non-hydrogen) atoms. The van der Waals surface area contributed by atoms with Crippen LogP contribution >= 0.6 is 15.9 Å². The van der Waals surface area contributed by atoms with Crippen LogP contribution in [0.3, 0.4) is 0 Å². The highest BCUT2D eigenvalue weighted by Gasteiger charge is 2.15. The van der Waals surface area contributed by atoms with Crippen LogP contribution in [0.2, 0.25) is 0 Å². The molecule has 0 unspecified atom stereocenters. The van der Waals surface area contributed by atoms with Gasteiger partial charge in [-0.25, -0.2) is 4.79 Å². The fraction of sp³-hybridized carbons (Fsp3) is 0.562. The van der Waals surface area contributed by atoms with Gasteiger partial charge >= 0.3 is 5.97 Å². The summed E-state index contributed by atoms with van der Waals surface area (Å²) in [4.78, 5) is 11.8. The number of benzene rings is 1. The maximum atomic E-state index is 11.8. The highest BCUT2D eigenvalue weighted by atomic mass is 79.9. The predicted octanol–water partition coefficient (Wildman–Crippen LogP) is 4.58. The van der Waals surface area contributed by atoms with Crippen LogP contribution in [0.25, 0.3) is 0 Å². The van der Waals surface area contributed by atoms with Crippen LogP contribution in [-0.2, 0) is 4.74 Å². The van der Waals surface area contributed by atoms with E-state index in [1.165, 1.54) is 32.1 Å². The maximum absolute atomic E-state index is 11.8. The van der Waals surface area contributed by atoms with Crippen molar-refractivity contribution < 1.29 is 14.3 Å². The molecule has 0 aliphatic heterocycles. The zero-order chi connectivity index (χ0) is 14.4. The van der Waals surface area contributed by atoms with Gasteiger partial charge in [-0.3, -0.25) is 0 Å². The first-order valence-electron chi connectivity index (χ1n) is 7.29. The molecular formula is C16H21BrO3. The Hall–Kier alpha value is -1.03. The molecule has 1 aliphatic carbocycles. The lowest BCUT2D eigenvalue weighted by Gasteiger charge is -2.21. The summed E-state index contributed by atoms with van der Waals surface area (Å²) in [5, 5.41) is 0. The largest absolute Gasteiger partial charge is 0.493 e. The van der Waals surface area contributed by atoms with Gasteiger partial charge in [0, 0.05) is 4.47 Å². The second-order valence-corrected chi connectivity index (χ2v) is 6.13. The Morgan fingerprint density at radius 2 is 2.00 bits per heavy atom. The topological polar surface area (TPSA) is 35.5 Å². The van der Waals surface area contributed by atoms with Crippen molar-refractivity contribution in [2.75, 3.05) is 13.2 Å². The van der Waals surface area contributed by atoms with Crippen LogP contribution in [-0.4, -0.2) is 19.2 Å². The zero-order valence-corrected chi connectivity index (χ0v) is 13.4. The molecule has 3 nitrogen and oxygen atoms in total. The van der Waals surface area contributed by atoms with Gasteiger partial charge in [0.15, 0.2) is 0 Å². The number of rotatable bonds is 5. The molecule has 0 saturated heterocycles. The van der Waals surface area contributed by atoms with Gasteiger partial charge in [-0.15, -0.1) is 0 Å². The van der Waals surface area contributed by atoms with Crippen molar-refractivity contribution in [2.24, 2.45) is 5.92 Å². The third-order valence-electron chi connectivity index (χ3n) is 3.59. The molecule has 1 aliphatic rings. The van der Waals surface area contributed by atoms with Crippen LogP contribution in [0.5, 0.6) is 5.75 Å². The number of ether oxygens (including phenoxy) is 2. The van der Waals surface area contributed by atoms with Gasteiger partial charge in [0.1, 0.15) is 5.75 Å². The van der Waals surface area contributed by atoms with Gasteiger partial charge in [0.25, 0.3) is 0 Å². The molecule has 2 rings (SSSR count). The predicted molar refractivity (Wildman–Crippen MR) is 82.2 cm³/mol. The van der Waals surface area contributed by atoms with Crippen molar-refractivity contribution in [1.82, 2.24) is 0 Å². The monoisotopic (exact) mass is 340 g/mol. The summed E-state index contributed by atoms with van der Waals surface area (Å²) in [6, 6.07) is 5.41. The average Bonchev–Trinajstić information content (AvgIpc) is 2.46. The number of halogens is 1. The Bertz CT molecular complexity index is 453. The lowest BCUT2D eigenvalue weighted by molar-refractivity contribution is 0.0525. The molecule has 0 heterocycles. The lowest BCUT2D eigenvalue weighted by atomic mass is 9.90. The number of carbonyl (C=O) groups is 1. The Morgan fingerprint density at radius 1 is 1.25 bits per heavy atom. The normalized spacial score (nSPS) is 15.9. The third-order valence-corrected chi connectivity index (χ3v) is 4.05. The molecular weight excluding hydrogens is 320 g/mol. The molecule has 1 fully saturated rings. The summed E-state index contributed by atoms with van der Waals surface area (Å²) in [6.45, 7) is 2.92. The standard InChI is InChI=1S/C16H21BrO3/c1-2-19-16(18)13-8-14(17)10-15(9-13)20-11-12-6-4-3-5-7-12/h8-10,12H,2-7,11H2,1H3. The van der Waals surface area contributed by atoms with E-state index in [9.17, 15) is 4.79 Å². The third kappa shape index (κ3) is 4.51.